The number of carbonyl (C=O) groups is 1. The first-order chi connectivity index (χ1) is 7.58. The van der Waals surface area contributed by atoms with E-state index in [1.807, 2.05) is 43.3 Å². The van der Waals surface area contributed by atoms with Crippen LogP contribution in [0.5, 0.6) is 0 Å². The molecule has 0 aromatic heterocycles. The molecule has 0 saturated heterocycles. The highest BCUT2D eigenvalue weighted by Crippen LogP contribution is 2.05. The van der Waals surface area contributed by atoms with Crippen LogP contribution >= 0.6 is 12.4 Å². The molecule has 0 aliphatic heterocycles. The fourth-order valence-corrected chi connectivity index (χ4v) is 1.30. The largest absolute Gasteiger partial charge is 0.399 e. The van der Waals surface area contributed by atoms with Gasteiger partial charge in [-0.3, -0.25) is 4.79 Å². The van der Waals surface area contributed by atoms with E-state index in [-0.39, 0.29) is 18.3 Å². The number of rotatable bonds is 5. The minimum Gasteiger partial charge on any atom is -0.399 e. The van der Waals surface area contributed by atoms with Crippen LogP contribution in [-0.4, -0.2) is 38.0 Å². The summed E-state index contributed by atoms with van der Waals surface area (Å²) >= 11 is 0. The van der Waals surface area contributed by atoms with Gasteiger partial charge in [-0.15, -0.1) is 12.4 Å². The Morgan fingerprint density at radius 3 is 2.41 bits per heavy atom. The molecular weight excluding hydrogens is 238 g/mol. The summed E-state index contributed by atoms with van der Waals surface area (Å²) in [6.45, 7) is 1.54. The maximum atomic E-state index is 11.5. The molecule has 0 unspecified atom stereocenters. The molecule has 1 amide bonds. The van der Waals surface area contributed by atoms with Gasteiger partial charge in [-0.2, -0.15) is 0 Å². The van der Waals surface area contributed by atoms with Crippen molar-refractivity contribution in [2.45, 2.75) is 6.42 Å². The molecule has 0 radical (unpaired) electrons. The molecule has 0 bridgehead atoms. The van der Waals surface area contributed by atoms with E-state index in [0.29, 0.717) is 13.0 Å². The molecule has 0 saturated carbocycles. The summed E-state index contributed by atoms with van der Waals surface area (Å²) in [5.74, 6) is 0.0478. The third-order valence-electron chi connectivity index (χ3n) is 2.23. The van der Waals surface area contributed by atoms with Crippen LogP contribution < -0.4 is 11.1 Å². The maximum absolute atomic E-state index is 11.5. The Hall–Kier alpha value is -1.26. The summed E-state index contributed by atoms with van der Waals surface area (Å²) in [5, 5.41) is 2.87. The molecule has 3 N–H and O–H groups in total. The van der Waals surface area contributed by atoms with Gasteiger partial charge in [0.05, 0.1) is 6.42 Å². The topological polar surface area (TPSA) is 58.4 Å². The number of hydrogen-bond acceptors (Lipinski definition) is 3. The molecule has 1 rings (SSSR count). The molecule has 1 aromatic carbocycles. The van der Waals surface area contributed by atoms with Crippen molar-refractivity contribution in [1.82, 2.24) is 10.2 Å². The first kappa shape index (κ1) is 15.7. The highest BCUT2D eigenvalue weighted by atomic mass is 35.5. The van der Waals surface area contributed by atoms with Gasteiger partial charge in [0, 0.05) is 18.8 Å². The molecule has 1 aromatic rings. The first-order valence-corrected chi connectivity index (χ1v) is 5.34. The lowest BCUT2D eigenvalue weighted by molar-refractivity contribution is -0.120. The van der Waals surface area contributed by atoms with Gasteiger partial charge < -0.3 is 16.0 Å². The fraction of sp³-hybridized carbons (Fsp3) is 0.417. The Morgan fingerprint density at radius 2 is 1.88 bits per heavy atom. The smallest absolute Gasteiger partial charge is 0.224 e. The molecule has 0 fully saturated rings. The molecule has 0 spiro atoms. The van der Waals surface area contributed by atoms with Gasteiger partial charge in [-0.05, 0) is 31.8 Å². The van der Waals surface area contributed by atoms with Crippen molar-refractivity contribution in [3.05, 3.63) is 29.8 Å². The van der Waals surface area contributed by atoms with E-state index < -0.39 is 0 Å². The van der Waals surface area contributed by atoms with Crippen LogP contribution in [0.3, 0.4) is 0 Å². The maximum Gasteiger partial charge on any atom is 0.224 e. The summed E-state index contributed by atoms with van der Waals surface area (Å²) in [6, 6.07) is 7.37. The number of benzene rings is 1. The lowest BCUT2D eigenvalue weighted by Crippen LogP contribution is -2.32. The van der Waals surface area contributed by atoms with Crippen molar-refractivity contribution in [3.8, 4) is 0 Å². The van der Waals surface area contributed by atoms with E-state index in [1.54, 1.807) is 0 Å². The van der Waals surface area contributed by atoms with Gasteiger partial charge >= 0.3 is 0 Å². The lowest BCUT2D eigenvalue weighted by atomic mass is 10.1. The summed E-state index contributed by atoms with van der Waals surface area (Å²) in [4.78, 5) is 13.5. The van der Waals surface area contributed by atoms with Crippen LogP contribution in [0.25, 0.3) is 0 Å². The van der Waals surface area contributed by atoms with E-state index in [1.165, 1.54) is 0 Å². The van der Waals surface area contributed by atoms with E-state index in [4.69, 9.17) is 5.73 Å². The molecule has 5 heteroatoms. The lowest BCUT2D eigenvalue weighted by Gasteiger charge is -2.10. The number of hydrogen-bond donors (Lipinski definition) is 2. The number of amides is 1. The number of nitrogen functional groups attached to an aromatic ring is 1. The van der Waals surface area contributed by atoms with E-state index >= 15 is 0 Å². The molecule has 0 atom stereocenters. The number of carbonyl (C=O) groups excluding carboxylic acids is 1. The summed E-state index contributed by atoms with van der Waals surface area (Å²) < 4.78 is 0. The molecule has 96 valence electrons. The Balaban J connectivity index is 0.00000256. The highest BCUT2D eigenvalue weighted by molar-refractivity contribution is 5.85. The monoisotopic (exact) mass is 257 g/mol. The van der Waals surface area contributed by atoms with Crippen LogP contribution in [0.4, 0.5) is 5.69 Å². The van der Waals surface area contributed by atoms with Crippen LogP contribution in [0, 0.1) is 0 Å². The second-order valence-electron chi connectivity index (χ2n) is 4.07. The van der Waals surface area contributed by atoms with Crippen LogP contribution in [0.15, 0.2) is 24.3 Å². The SMILES string of the molecule is CN(C)CCNC(=O)Cc1ccc(N)cc1.Cl. The molecule has 17 heavy (non-hydrogen) atoms. The Kier molecular flexibility index (Phi) is 7.34. The van der Waals surface area contributed by atoms with Crippen LogP contribution in [0.2, 0.25) is 0 Å². The average Bonchev–Trinajstić information content (AvgIpc) is 2.21. The first-order valence-electron chi connectivity index (χ1n) is 5.34. The van der Waals surface area contributed by atoms with Crippen molar-refractivity contribution in [3.63, 3.8) is 0 Å². The predicted molar refractivity (Wildman–Crippen MR) is 73.4 cm³/mol. The minimum absolute atomic E-state index is 0. The predicted octanol–water partition coefficient (Wildman–Crippen LogP) is 0.911. The zero-order valence-corrected chi connectivity index (χ0v) is 11.1. The number of likely N-dealkylation sites (N-methyl/N-ethyl adjacent to an activating group) is 1. The highest BCUT2D eigenvalue weighted by Gasteiger charge is 2.02. The zero-order chi connectivity index (χ0) is 12.0. The number of anilines is 1. The molecular formula is C12H20ClN3O. The van der Waals surface area contributed by atoms with E-state index in [9.17, 15) is 4.79 Å². The second-order valence-corrected chi connectivity index (χ2v) is 4.07. The fourth-order valence-electron chi connectivity index (χ4n) is 1.30. The summed E-state index contributed by atoms with van der Waals surface area (Å²) in [5.41, 5.74) is 7.27. The van der Waals surface area contributed by atoms with Gasteiger partial charge in [0.2, 0.25) is 5.91 Å². The van der Waals surface area contributed by atoms with Crippen molar-refractivity contribution in [1.29, 1.82) is 0 Å². The minimum atomic E-state index is 0. The summed E-state index contributed by atoms with van der Waals surface area (Å²) in [7, 11) is 3.96. The number of halogens is 1. The Labute approximate surface area is 109 Å². The zero-order valence-electron chi connectivity index (χ0n) is 10.3. The van der Waals surface area contributed by atoms with Crippen LogP contribution in [-0.2, 0) is 11.2 Å². The second kappa shape index (κ2) is 7.92. The van der Waals surface area contributed by atoms with Gasteiger partial charge in [0.15, 0.2) is 0 Å². The Morgan fingerprint density at radius 1 is 1.29 bits per heavy atom. The quantitative estimate of drug-likeness (QED) is 0.771. The molecule has 4 nitrogen and oxygen atoms in total. The van der Waals surface area contributed by atoms with Crippen molar-refractivity contribution < 1.29 is 4.79 Å². The average molecular weight is 258 g/mol. The molecule has 0 aliphatic carbocycles. The van der Waals surface area contributed by atoms with Crippen molar-refractivity contribution in [2.24, 2.45) is 0 Å². The third kappa shape index (κ3) is 6.81. The van der Waals surface area contributed by atoms with Crippen molar-refractivity contribution >= 4 is 24.0 Å². The Bertz CT molecular complexity index is 338. The van der Waals surface area contributed by atoms with E-state index in [0.717, 1.165) is 17.8 Å². The van der Waals surface area contributed by atoms with Gasteiger partial charge in [0.25, 0.3) is 0 Å². The standard InChI is InChI=1S/C12H19N3O.ClH/c1-15(2)8-7-14-12(16)9-10-3-5-11(13)6-4-10;/h3-6H,7-9,13H2,1-2H3,(H,14,16);1H. The van der Waals surface area contributed by atoms with E-state index in [2.05, 4.69) is 5.32 Å². The van der Waals surface area contributed by atoms with Crippen LogP contribution in [0.1, 0.15) is 5.56 Å². The van der Waals surface area contributed by atoms with Crippen molar-refractivity contribution in [2.75, 3.05) is 32.9 Å². The van der Waals surface area contributed by atoms with Gasteiger partial charge in [-0.25, -0.2) is 0 Å². The third-order valence-corrected chi connectivity index (χ3v) is 2.23. The number of nitrogens with one attached hydrogen (secondary N) is 1. The summed E-state index contributed by atoms with van der Waals surface area (Å²) in [6.07, 6.45) is 0.410. The molecule has 0 heterocycles. The van der Waals surface area contributed by atoms with Gasteiger partial charge in [0.1, 0.15) is 0 Å². The molecule has 0 aliphatic rings. The number of nitrogens with zero attached hydrogens (tertiary/aromatic N) is 1. The number of nitrogens with two attached hydrogens (primary N) is 1. The van der Waals surface area contributed by atoms with Gasteiger partial charge in [-0.1, -0.05) is 12.1 Å². The normalized spacial score (nSPS) is 9.82.